The number of hydrogen-bond acceptors (Lipinski definition) is 5. The molecule has 0 saturated carbocycles. The zero-order valence-corrected chi connectivity index (χ0v) is 10.4. The predicted molar refractivity (Wildman–Crippen MR) is 66.2 cm³/mol. The van der Waals surface area contributed by atoms with Crippen LogP contribution in [0.4, 0.5) is 0 Å². The number of nitrogens with zero attached hydrogens (tertiary/aromatic N) is 2. The monoisotopic (exact) mass is 249 g/mol. The minimum absolute atomic E-state index is 0.295. The number of nitrogens with two attached hydrogens (primary N) is 1. The summed E-state index contributed by atoms with van der Waals surface area (Å²) in [5, 5.41) is 10.4. The summed E-state index contributed by atoms with van der Waals surface area (Å²) in [5.41, 5.74) is 6.86. The lowest BCUT2D eigenvalue weighted by Gasteiger charge is -2.18. The van der Waals surface area contributed by atoms with E-state index >= 15 is 0 Å². The molecule has 3 rings (SSSR count). The Morgan fingerprint density at radius 2 is 2.41 bits per heavy atom. The Morgan fingerprint density at radius 3 is 3.29 bits per heavy atom. The fourth-order valence-electron chi connectivity index (χ4n) is 2.37. The first kappa shape index (κ1) is 10.9. The second-order valence-electron chi connectivity index (χ2n) is 4.32. The SMILES string of the molecule is NCCc1nnc(C2CCCc3sccc32)o1. The van der Waals surface area contributed by atoms with Crippen molar-refractivity contribution in [1.82, 2.24) is 10.2 Å². The van der Waals surface area contributed by atoms with E-state index in [0.29, 0.717) is 24.8 Å². The summed E-state index contributed by atoms with van der Waals surface area (Å²) in [7, 11) is 0. The largest absolute Gasteiger partial charge is 0.425 e. The number of aryl methyl sites for hydroxylation is 1. The van der Waals surface area contributed by atoms with Crippen LogP contribution >= 0.6 is 11.3 Å². The van der Waals surface area contributed by atoms with E-state index in [9.17, 15) is 0 Å². The summed E-state index contributed by atoms with van der Waals surface area (Å²) in [6.07, 6.45) is 4.16. The number of thiophene rings is 1. The highest BCUT2D eigenvalue weighted by atomic mass is 32.1. The molecule has 0 amide bonds. The summed E-state index contributed by atoms with van der Waals surface area (Å²) < 4.78 is 5.69. The van der Waals surface area contributed by atoms with Crippen molar-refractivity contribution < 1.29 is 4.42 Å². The summed E-state index contributed by atoms with van der Waals surface area (Å²) in [6.45, 7) is 0.552. The zero-order chi connectivity index (χ0) is 11.7. The molecule has 0 bridgehead atoms. The van der Waals surface area contributed by atoms with Gasteiger partial charge in [0.1, 0.15) is 0 Å². The fourth-order valence-corrected chi connectivity index (χ4v) is 3.36. The molecule has 4 nitrogen and oxygen atoms in total. The third-order valence-electron chi connectivity index (χ3n) is 3.19. The van der Waals surface area contributed by atoms with Gasteiger partial charge in [0.25, 0.3) is 0 Å². The van der Waals surface area contributed by atoms with Crippen molar-refractivity contribution in [2.45, 2.75) is 31.6 Å². The van der Waals surface area contributed by atoms with Crippen LogP contribution < -0.4 is 5.73 Å². The molecule has 90 valence electrons. The van der Waals surface area contributed by atoms with Gasteiger partial charge in [0.15, 0.2) is 0 Å². The van der Waals surface area contributed by atoms with Crippen LogP contribution in [0.25, 0.3) is 0 Å². The maximum Gasteiger partial charge on any atom is 0.224 e. The van der Waals surface area contributed by atoms with Crippen LogP contribution in [0.5, 0.6) is 0 Å². The van der Waals surface area contributed by atoms with Crippen molar-refractivity contribution in [3.05, 3.63) is 33.7 Å². The van der Waals surface area contributed by atoms with Crippen molar-refractivity contribution >= 4 is 11.3 Å². The number of hydrogen-bond donors (Lipinski definition) is 1. The second kappa shape index (κ2) is 4.58. The van der Waals surface area contributed by atoms with E-state index in [4.69, 9.17) is 10.2 Å². The van der Waals surface area contributed by atoms with Gasteiger partial charge in [-0.2, -0.15) is 0 Å². The summed E-state index contributed by atoms with van der Waals surface area (Å²) in [6, 6.07) is 2.19. The quantitative estimate of drug-likeness (QED) is 0.904. The third-order valence-corrected chi connectivity index (χ3v) is 4.19. The topological polar surface area (TPSA) is 64.9 Å². The molecule has 2 aromatic heterocycles. The van der Waals surface area contributed by atoms with Crippen molar-refractivity contribution in [3.8, 4) is 0 Å². The summed E-state index contributed by atoms with van der Waals surface area (Å²) in [4.78, 5) is 1.47. The van der Waals surface area contributed by atoms with Gasteiger partial charge in [0.2, 0.25) is 11.8 Å². The Hall–Kier alpha value is -1.20. The molecule has 5 heteroatoms. The van der Waals surface area contributed by atoms with Crippen LogP contribution in [0.3, 0.4) is 0 Å². The van der Waals surface area contributed by atoms with E-state index in [1.165, 1.54) is 23.3 Å². The molecular formula is C12H15N3OS. The van der Waals surface area contributed by atoms with E-state index in [-0.39, 0.29) is 0 Å². The second-order valence-corrected chi connectivity index (χ2v) is 5.32. The van der Waals surface area contributed by atoms with Crippen LogP contribution in [0.15, 0.2) is 15.9 Å². The first-order valence-corrected chi connectivity index (χ1v) is 6.85. The Balaban J connectivity index is 1.90. The highest BCUT2D eigenvalue weighted by Crippen LogP contribution is 2.38. The molecule has 17 heavy (non-hydrogen) atoms. The highest BCUT2D eigenvalue weighted by Gasteiger charge is 2.27. The van der Waals surface area contributed by atoms with Crippen LogP contribution in [-0.4, -0.2) is 16.7 Å². The van der Waals surface area contributed by atoms with Crippen molar-refractivity contribution in [1.29, 1.82) is 0 Å². The normalized spacial score (nSPS) is 19.2. The number of fused-ring (bicyclic) bond motifs is 1. The lowest BCUT2D eigenvalue weighted by molar-refractivity contribution is 0.415. The molecule has 2 heterocycles. The molecule has 0 aliphatic heterocycles. The molecule has 0 aromatic carbocycles. The van der Waals surface area contributed by atoms with Crippen molar-refractivity contribution in [2.24, 2.45) is 5.73 Å². The van der Waals surface area contributed by atoms with Crippen molar-refractivity contribution in [3.63, 3.8) is 0 Å². The van der Waals surface area contributed by atoms with Gasteiger partial charge in [-0.15, -0.1) is 21.5 Å². The van der Waals surface area contributed by atoms with Gasteiger partial charge < -0.3 is 10.2 Å². The molecule has 2 N–H and O–H groups in total. The maximum atomic E-state index is 5.69. The molecule has 2 aromatic rings. The lowest BCUT2D eigenvalue weighted by Crippen LogP contribution is -2.08. The van der Waals surface area contributed by atoms with Gasteiger partial charge in [-0.3, -0.25) is 0 Å². The minimum Gasteiger partial charge on any atom is -0.425 e. The number of rotatable bonds is 3. The van der Waals surface area contributed by atoms with Gasteiger partial charge in [0.05, 0.1) is 5.92 Å². The van der Waals surface area contributed by atoms with Gasteiger partial charge in [-0.1, -0.05) is 0 Å². The molecule has 1 aliphatic rings. The fraction of sp³-hybridized carbons (Fsp3) is 0.500. The molecule has 0 spiro atoms. The van der Waals surface area contributed by atoms with E-state index < -0.39 is 0 Å². The molecule has 0 radical (unpaired) electrons. The molecule has 1 atom stereocenters. The van der Waals surface area contributed by atoms with Gasteiger partial charge >= 0.3 is 0 Å². The Morgan fingerprint density at radius 1 is 1.47 bits per heavy atom. The summed E-state index contributed by atoms with van der Waals surface area (Å²) in [5.74, 6) is 1.71. The molecule has 0 saturated heterocycles. The van der Waals surface area contributed by atoms with Gasteiger partial charge in [-0.05, 0) is 36.3 Å². The smallest absolute Gasteiger partial charge is 0.224 e. The molecule has 1 unspecified atom stereocenters. The Kier molecular flexibility index (Phi) is 2.94. The lowest BCUT2D eigenvalue weighted by atomic mass is 9.88. The van der Waals surface area contributed by atoms with E-state index in [1.54, 1.807) is 0 Å². The molecule has 1 aliphatic carbocycles. The van der Waals surface area contributed by atoms with E-state index in [2.05, 4.69) is 21.6 Å². The van der Waals surface area contributed by atoms with Crippen LogP contribution in [0, 0.1) is 0 Å². The van der Waals surface area contributed by atoms with Crippen molar-refractivity contribution in [2.75, 3.05) is 6.54 Å². The Bertz CT molecular complexity index is 505. The summed E-state index contributed by atoms with van der Waals surface area (Å²) >= 11 is 1.83. The van der Waals surface area contributed by atoms with E-state index in [0.717, 1.165) is 12.3 Å². The minimum atomic E-state index is 0.295. The van der Waals surface area contributed by atoms with Gasteiger partial charge in [0, 0.05) is 17.8 Å². The van der Waals surface area contributed by atoms with E-state index in [1.807, 2.05) is 11.3 Å². The van der Waals surface area contributed by atoms with Gasteiger partial charge in [-0.25, -0.2) is 0 Å². The third kappa shape index (κ3) is 2.00. The Labute approximate surface area is 104 Å². The first-order chi connectivity index (χ1) is 8.38. The predicted octanol–water partition coefficient (Wildman–Crippen LogP) is 2.10. The molecule has 0 fully saturated rings. The maximum absolute atomic E-state index is 5.69. The van der Waals surface area contributed by atoms with Crippen LogP contribution in [0.1, 0.15) is 41.0 Å². The average Bonchev–Trinajstić information content (AvgIpc) is 2.96. The highest BCUT2D eigenvalue weighted by molar-refractivity contribution is 7.10. The van der Waals surface area contributed by atoms with Crippen LogP contribution in [0.2, 0.25) is 0 Å². The van der Waals surface area contributed by atoms with Crippen LogP contribution in [-0.2, 0) is 12.8 Å². The first-order valence-electron chi connectivity index (χ1n) is 5.97. The number of aromatic nitrogens is 2. The zero-order valence-electron chi connectivity index (χ0n) is 9.56. The molecular weight excluding hydrogens is 234 g/mol. The standard InChI is InChI=1S/C12H15N3OS/c13-6-4-11-14-15-12(16-11)9-2-1-3-10-8(9)5-7-17-10/h5,7,9H,1-4,6,13H2. The average molecular weight is 249 g/mol.